The van der Waals surface area contributed by atoms with E-state index in [0.717, 1.165) is 5.69 Å². The highest BCUT2D eigenvalue weighted by molar-refractivity contribution is 14.0. The summed E-state index contributed by atoms with van der Waals surface area (Å²) >= 11 is 0. The maximum atomic E-state index is 6.07. The smallest absolute Gasteiger partial charge is 0.193 e. The van der Waals surface area contributed by atoms with Crippen LogP contribution in [0.4, 0.5) is 5.69 Å². The molecule has 0 aliphatic rings. The summed E-state index contributed by atoms with van der Waals surface area (Å²) in [6.07, 6.45) is 0. The van der Waals surface area contributed by atoms with Crippen LogP contribution in [0.1, 0.15) is 43.5 Å². The van der Waals surface area contributed by atoms with E-state index in [4.69, 9.17) is 5.73 Å². The number of nitrogens with one attached hydrogen (secondary N) is 2. The molecular weight excluding hydrogens is 435 g/mol. The summed E-state index contributed by atoms with van der Waals surface area (Å²) in [4.78, 5) is 4.52. The van der Waals surface area contributed by atoms with Crippen molar-refractivity contribution in [3.8, 4) is 0 Å². The molecule has 4 nitrogen and oxygen atoms in total. The molecule has 0 amide bonds. The van der Waals surface area contributed by atoms with E-state index in [1.807, 2.05) is 6.07 Å². The van der Waals surface area contributed by atoms with Crippen molar-refractivity contribution in [1.82, 2.24) is 5.32 Å². The summed E-state index contributed by atoms with van der Waals surface area (Å²) in [6.45, 7) is 11.2. The monoisotopic (exact) mass is 466 g/mol. The molecular formula is C21H31IN4. The van der Waals surface area contributed by atoms with E-state index in [1.54, 1.807) is 0 Å². The van der Waals surface area contributed by atoms with Crippen LogP contribution in [0.2, 0.25) is 0 Å². The van der Waals surface area contributed by atoms with E-state index in [1.165, 1.54) is 16.7 Å². The molecule has 0 heterocycles. The Morgan fingerprint density at radius 1 is 1.08 bits per heavy atom. The number of guanidine groups is 1. The summed E-state index contributed by atoms with van der Waals surface area (Å²) in [6, 6.07) is 16.9. The average molecular weight is 466 g/mol. The van der Waals surface area contributed by atoms with E-state index in [0.29, 0.717) is 12.5 Å². The number of nitrogens with zero attached hydrogens (tertiary/aromatic N) is 1. The maximum Gasteiger partial charge on any atom is 0.193 e. The van der Waals surface area contributed by atoms with Crippen molar-refractivity contribution in [2.24, 2.45) is 10.7 Å². The highest BCUT2D eigenvalue weighted by Crippen LogP contribution is 2.17. The predicted octanol–water partition coefficient (Wildman–Crippen LogP) is 4.78. The summed E-state index contributed by atoms with van der Waals surface area (Å²) in [5, 5.41) is 6.80. The third kappa shape index (κ3) is 7.33. The van der Waals surface area contributed by atoms with Crippen LogP contribution in [0, 0.1) is 13.8 Å². The second kappa shape index (κ2) is 9.92. The molecule has 2 aromatic rings. The summed E-state index contributed by atoms with van der Waals surface area (Å²) in [5.41, 5.74) is 10.5. The van der Waals surface area contributed by atoms with Crippen molar-refractivity contribution in [1.29, 1.82) is 0 Å². The van der Waals surface area contributed by atoms with Gasteiger partial charge in [0.05, 0.1) is 6.54 Å². The van der Waals surface area contributed by atoms with Gasteiger partial charge in [0, 0.05) is 17.3 Å². The normalized spacial score (nSPS) is 13.0. The average Bonchev–Trinajstić information content (AvgIpc) is 2.52. The predicted molar refractivity (Wildman–Crippen MR) is 124 cm³/mol. The number of hydrogen-bond donors (Lipinski definition) is 3. The van der Waals surface area contributed by atoms with E-state index in [9.17, 15) is 0 Å². The minimum atomic E-state index is -0.163. The lowest BCUT2D eigenvalue weighted by Gasteiger charge is -2.29. The Morgan fingerprint density at radius 2 is 1.65 bits per heavy atom. The van der Waals surface area contributed by atoms with Crippen molar-refractivity contribution in [3.05, 3.63) is 65.2 Å². The van der Waals surface area contributed by atoms with Crippen LogP contribution >= 0.6 is 24.0 Å². The van der Waals surface area contributed by atoms with Gasteiger partial charge in [-0.3, -0.25) is 4.99 Å². The number of halogens is 1. The second-order valence-corrected chi connectivity index (χ2v) is 7.36. The van der Waals surface area contributed by atoms with Crippen LogP contribution < -0.4 is 16.4 Å². The molecule has 1 atom stereocenters. The van der Waals surface area contributed by atoms with Gasteiger partial charge in [-0.05, 0) is 63.4 Å². The van der Waals surface area contributed by atoms with Crippen molar-refractivity contribution >= 4 is 35.6 Å². The molecule has 2 aromatic carbocycles. The summed E-state index contributed by atoms with van der Waals surface area (Å²) in [5.74, 6) is 0.437. The SMILES string of the molecule is Cc1cc(C)cc(NC(N)=NCC(C)(C)NC(C)c2ccccc2)c1.I. The molecule has 4 N–H and O–H groups in total. The lowest BCUT2D eigenvalue weighted by atomic mass is 10.0. The first-order valence-corrected chi connectivity index (χ1v) is 8.73. The Morgan fingerprint density at radius 3 is 2.23 bits per heavy atom. The fourth-order valence-corrected chi connectivity index (χ4v) is 2.97. The fourth-order valence-electron chi connectivity index (χ4n) is 2.97. The largest absolute Gasteiger partial charge is 0.370 e. The van der Waals surface area contributed by atoms with Crippen molar-refractivity contribution in [2.75, 3.05) is 11.9 Å². The number of aryl methyl sites for hydroxylation is 2. The molecule has 26 heavy (non-hydrogen) atoms. The Labute approximate surface area is 174 Å². The highest BCUT2D eigenvalue weighted by Gasteiger charge is 2.20. The molecule has 0 bridgehead atoms. The molecule has 0 aliphatic carbocycles. The molecule has 0 aromatic heterocycles. The van der Waals surface area contributed by atoms with Crippen molar-refractivity contribution < 1.29 is 0 Å². The summed E-state index contributed by atoms with van der Waals surface area (Å²) < 4.78 is 0. The van der Waals surface area contributed by atoms with Crippen LogP contribution in [-0.2, 0) is 0 Å². The zero-order valence-corrected chi connectivity index (χ0v) is 18.7. The quantitative estimate of drug-likeness (QED) is 0.326. The van der Waals surface area contributed by atoms with Crippen LogP contribution in [0.15, 0.2) is 53.5 Å². The van der Waals surface area contributed by atoms with Gasteiger partial charge in [0.1, 0.15) is 0 Å². The van der Waals surface area contributed by atoms with E-state index in [2.05, 4.69) is 92.7 Å². The minimum absolute atomic E-state index is 0. The molecule has 142 valence electrons. The lowest BCUT2D eigenvalue weighted by molar-refractivity contribution is 0.357. The van der Waals surface area contributed by atoms with Gasteiger partial charge in [0.25, 0.3) is 0 Å². The van der Waals surface area contributed by atoms with Gasteiger partial charge in [-0.25, -0.2) is 0 Å². The number of rotatable bonds is 6. The number of anilines is 1. The standard InChI is InChI=1S/C21H30N4.HI/c1-15-11-16(2)13-19(12-15)24-20(22)23-14-21(4,5)25-17(3)18-9-7-6-8-10-18;/h6-13,17,25H,14H2,1-5H3,(H3,22,23,24);1H. The highest BCUT2D eigenvalue weighted by atomic mass is 127. The number of aliphatic imine (C=N–C) groups is 1. The molecule has 1 unspecified atom stereocenters. The van der Waals surface area contributed by atoms with E-state index >= 15 is 0 Å². The maximum absolute atomic E-state index is 6.07. The Balaban J connectivity index is 0.00000338. The fraction of sp³-hybridized carbons (Fsp3) is 0.381. The van der Waals surface area contributed by atoms with Crippen LogP contribution in [0.25, 0.3) is 0 Å². The molecule has 0 fully saturated rings. The molecule has 0 radical (unpaired) electrons. The zero-order valence-electron chi connectivity index (χ0n) is 16.3. The topological polar surface area (TPSA) is 62.4 Å². The van der Waals surface area contributed by atoms with Gasteiger partial charge >= 0.3 is 0 Å². The van der Waals surface area contributed by atoms with Crippen molar-refractivity contribution in [3.63, 3.8) is 0 Å². The molecule has 0 saturated heterocycles. The number of benzene rings is 2. The lowest BCUT2D eigenvalue weighted by Crippen LogP contribution is -2.44. The Bertz CT molecular complexity index is 706. The molecule has 2 rings (SSSR count). The number of nitrogens with two attached hydrogens (primary N) is 1. The molecule has 0 spiro atoms. The third-order valence-electron chi connectivity index (χ3n) is 4.05. The molecule has 5 heteroatoms. The summed E-state index contributed by atoms with van der Waals surface area (Å²) in [7, 11) is 0. The van der Waals surface area contributed by atoms with Gasteiger partial charge in [0.2, 0.25) is 0 Å². The van der Waals surface area contributed by atoms with Gasteiger partial charge < -0.3 is 16.4 Å². The minimum Gasteiger partial charge on any atom is -0.370 e. The van der Waals surface area contributed by atoms with E-state index < -0.39 is 0 Å². The second-order valence-electron chi connectivity index (χ2n) is 7.36. The van der Waals surface area contributed by atoms with Gasteiger partial charge in [-0.15, -0.1) is 24.0 Å². The van der Waals surface area contributed by atoms with Gasteiger partial charge in [0.15, 0.2) is 5.96 Å². The van der Waals surface area contributed by atoms with Crippen molar-refractivity contribution in [2.45, 2.75) is 46.2 Å². The van der Waals surface area contributed by atoms with E-state index in [-0.39, 0.29) is 35.6 Å². The van der Waals surface area contributed by atoms with Gasteiger partial charge in [-0.1, -0.05) is 36.4 Å². The first-order valence-electron chi connectivity index (χ1n) is 8.73. The Hall–Kier alpha value is -1.60. The Kier molecular flexibility index (Phi) is 8.56. The van der Waals surface area contributed by atoms with Crippen LogP contribution in [0.3, 0.4) is 0 Å². The third-order valence-corrected chi connectivity index (χ3v) is 4.05. The first kappa shape index (κ1) is 22.4. The molecule has 0 saturated carbocycles. The van der Waals surface area contributed by atoms with Crippen LogP contribution in [-0.4, -0.2) is 18.0 Å². The van der Waals surface area contributed by atoms with Gasteiger partial charge in [-0.2, -0.15) is 0 Å². The van der Waals surface area contributed by atoms with Crippen LogP contribution in [0.5, 0.6) is 0 Å². The number of hydrogen-bond acceptors (Lipinski definition) is 2. The molecule has 0 aliphatic heterocycles. The first-order chi connectivity index (χ1) is 11.7. The zero-order chi connectivity index (χ0) is 18.4.